The predicted molar refractivity (Wildman–Crippen MR) is 66.5 cm³/mol. The summed E-state index contributed by atoms with van der Waals surface area (Å²) in [6, 6.07) is 5.32. The summed E-state index contributed by atoms with van der Waals surface area (Å²) in [7, 11) is 0. The number of carbonyl (C=O) groups excluding carboxylic acids is 1. The number of imidazole rings is 1. The highest BCUT2D eigenvalue weighted by atomic mass is 19.1. The Kier molecular flexibility index (Phi) is 3.91. The van der Waals surface area contributed by atoms with Crippen LogP contribution in [0.25, 0.3) is 0 Å². The molecule has 2 rings (SSSR count). The predicted octanol–water partition coefficient (Wildman–Crippen LogP) is 1.21. The second kappa shape index (κ2) is 5.62. The van der Waals surface area contributed by atoms with Crippen molar-refractivity contribution in [1.29, 1.82) is 0 Å². The number of aliphatic hydroxyl groups excluding tert-OH is 1. The molecule has 1 atom stereocenters. The average Bonchev–Trinajstić information content (AvgIpc) is 2.80. The highest BCUT2D eigenvalue weighted by Gasteiger charge is 2.17. The van der Waals surface area contributed by atoms with Crippen LogP contribution in [0.15, 0.2) is 30.6 Å². The van der Waals surface area contributed by atoms with E-state index in [1.54, 1.807) is 0 Å². The van der Waals surface area contributed by atoms with Gasteiger partial charge in [0, 0.05) is 5.69 Å². The fourth-order valence-electron chi connectivity index (χ4n) is 1.66. The van der Waals surface area contributed by atoms with Crippen molar-refractivity contribution in [3.05, 3.63) is 53.4 Å². The Bertz CT molecular complexity index is 583. The molecule has 0 aliphatic rings. The Morgan fingerprint density at radius 2 is 2.37 bits per heavy atom. The minimum absolute atomic E-state index is 0.209. The van der Waals surface area contributed by atoms with Crippen molar-refractivity contribution in [1.82, 2.24) is 15.3 Å². The van der Waals surface area contributed by atoms with Crippen LogP contribution in [0, 0.1) is 12.7 Å². The van der Waals surface area contributed by atoms with E-state index < -0.39 is 17.8 Å². The zero-order valence-electron chi connectivity index (χ0n) is 10.4. The summed E-state index contributed by atoms with van der Waals surface area (Å²) >= 11 is 0. The lowest BCUT2D eigenvalue weighted by Gasteiger charge is -2.11. The molecule has 0 spiro atoms. The SMILES string of the molecule is Cc1[nH]cnc1CNC(=O)[C@@H](O)c1cccc(F)c1. The van der Waals surface area contributed by atoms with Gasteiger partial charge in [-0.3, -0.25) is 4.79 Å². The van der Waals surface area contributed by atoms with E-state index in [-0.39, 0.29) is 12.1 Å². The molecule has 0 unspecified atom stereocenters. The Morgan fingerprint density at radius 1 is 1.58 bits per heavy atom. The summed E-state index contributed by atoms with van der Waals surface area (Å²) in [5.41, 5.74) is 1.76. The lowest BCUT2D eigenvalue weighted by Crippen LogP contribution is -2.29. The molecule has 0 radical (unpaired) electrons. The first-order chi connectivity index (χ1) is 9.08. The number of nitrogens with one attached hydrogen (secondary N) is 2. The average molecular weight is 263 g/mol. The minimum Gasteiger partial charge on any atom is -0.378 e. The summed E-state index contributed by atoms with van der Waals surface area (Å²) in [6.07, 6.45) is 0.134. The third-order valence-corrected chi connectivity index (χ3v) is 2.78. The molecule has 0 aliphatic heterocycles. The van der Waals surface area contributed by atoms with E-state index in [0.29, 0.717) is 5.69 Å². The van der Waals surface area contributed by atoms with Crippen LogP contribution in [0.1, 0.15) is 23.1 Å². The number of carbonyl (C=O) groups is 1. The van der Waals surface area contributed by atoms with Crippen LogP contribution in [-0.2, 0) is 11.3 Å². The molecule has 3 N–H and O–H groups in total. The molecule has 2 aromatic rings. The van der Waals surface area contributed by atoms with Crippen molar-refractivity contribution in [3.63, 3.8) is 0 Å². The van der Waals surface area contributed by atoms with Crippen molar-refractivity contribution in [2.75, 3.05) is 0 Å². The van der Waals surface area contributed by atoms with Crippen molar-refractivity contribution < 1.29 is 14.3 Å². The van der Waals surface area contributed by atoms with Crippen molar-refractivity contribution in [2.45, 2.75) is 19.6 Å². The third kappa shape index (κ3) is 3.17. The summed E-state index contributed by atoms with van der Waals surface area (Å²) in [5.74, 6) is -1.08. The second-order valence-corrected chi connectivity index (χ2v) is 4.15. The van der Waals surface area contributed by atoms with E-state index in [9.17, 15) is 14.3 Å². The van der Waals surface area contributed by atoms with E-state index >= 15 is 0 Å². The lowest BCUT2D eigenvalue weighted by molar-refractivity contribution is -0.129. The van der Waals surface area contributed by atoms with Gasteiger partial charge in [0.2, 0.25) is 0 Å². The van der Waals surface area contributed by atoms with Crippen molar-refractivity contribution >= 4 is 5.91 Å². The molecule has 100 valence electrons. The number of H-pyrrole nitrogens is 1. The van der Waals surface area contributed by atoms with Crippen LogP contribution in [0.2, 0.25) is 0 Å². The highest BCUT2D eigenvalue weighted by molar-refractivity contribution is 5.81. The number of hydrogen-bond acceptors (Lipinski definition) is 3. The van der Waals surface area contributed by atoms with Crippen LogP contribution >= 0.6 is 0 Å². The number of aromatic nitrogens is 2. The normalized spacial score (nSPS) is 12.2. The molecular formula is C13H14FN3O2. The number of amides is 1. The van der Waals surface area contributed by atoms with Gasteiger partial charge in [0.05, 0.1) is 18.6 Å². The van der Waals surface area contributed by atoms with Gasteiger partial charge in [0.25, 0.3) is 5.91 Å². The Hall–Kier alpha value is -2.21. The monoisotopic (exact) mass is 263 g/mol. The first-order valence-electron chi connectivity index (χ1n) is 5.78. The van der Waals surface area contributed by atoms with Gasteiger partial charge in [-0.25, -0.2) is 9.37 Å². The zero-order valence-corrected chi connectivity index (χ0v) is 10.4. The third-order valence-electron chi connectivity index (χ3n) is 2.78. The number of aromatic amines is 1. The summed E-state index contributed by atoms with van der Waals surface area (Å²) in [4.78, 5) is 18.6. The maximum atomic E-state index is 13.0. The van der Waals surface area contributed by atoms with E-state index in [0.717, 1.165) is 11.8 Å². The maximum Gasteiger partial charge on any atom is 0.253 e. The summed E-state index contributed by atoms with van der Waals surface area (Å²) in [5, 5.41) is 12.4. The molecule has 1 amide bonds. The number of hydrogen-bond donors (Lipinski definition) is 3. The van der Waals surface area contributed by atoms with Crippen LogP contribution in [-0.4, -0.2) is 21.0 Å². The van der Waals surface area contributed by atoms with Gasteiger partial charge in [-0.2, -0.15) is 0 Å². The van der Waals surface area contributed by atoms with E-state index in [2.05, 4.69) is 15.3 Å². The maximum absolute atomic E-state index is 13.0. The molecule has 6 heteroatoms. The molecule has 0 saturated heterocycles. The molecule has 19 heavy (non-hydrogen) atoms. The smallest absolute Gasteiger partial charge is 0.253 e. The molecule has 5 nitrogen and oxygen atoms in total. The molecular weight excluding hydrogens is 249 g/mol. The summed E-state index contributed by atoms with van der Waals surface area (Å²) < 4.78 is 13.0. The standard InChI is InChI=1S/C13H14FN3O2/c1-8-11(17-7-16-8)6-15-13(19)12(18)9-3-2-4-10(14)5-9/h2-5,7,12,18H,6H2,1H3,(H,15,19)(H,16,17)/t12-/m0/s1. The van der Waals surface area contributed by atoms with E-state index in [4.69, 9.17) is 0 Å². The van der Waals surface area contributed by atoms with Gasteiger partial charge < -0.3 is 15.4 Å². The van der Waals surface area contributed by atoms with Crippen LogP contribution in [0.3, 0.4) is 0 Å². The van der Waals surface area contributed by atoms with Gasteiger partial charge in [0.1, 0.15) is 5.82 Å². The number of rotatable bonds is 4. The molecule has 0 aliphatic carbocycles. The first kappa shape index (κ1) is 13.2. The lowest BCUT2D eigenvalue weighted by atomic mass is 10.1. The summed E-state index contributed by atoms with van der Waals surface area (Å²) in [6.45, 7) is 2.04. The fraction of sp³-hybridized carbons (Fsp3) is 0.231. The Balaban J connectivity index is 1.98. The number of aryl methyl sites for hydroxylation is 1. The topological polar surface area (TPSA) is 78.0 Å². The highest BCUT2D eigenvalue weighted by Crippen LogP contribution is 2.14. The Morgan fingerprint density at radius 3 is 3.00 bits per heavy atom. The van der Waals surface area contributed by atoms with Crippen LogP contribution in [0.5, 0.6) is 0 Å². The quantitative estimate of drug-likeness (QED) is 0.775. The van der Waals surface area contributed by atoms with E-state index in [1.807, 2.05) is 6.92 Å². The van der Waals surface area contributed by atoms with E-state index in [1.165, 1.54) is 24.5 Å². The van der Waals surface area contributed by atoms with Gasteiger partial charge in [-0.1, -0.05) is 12.1 Å². The second-order valence-electron chi connectivity index (χ2n) is 4.15. The molecule has 1 aromatic carbocycles. The Labute approximate surface area is 109 Å². The van der Waals surface area contributed by atoms with Gasteiger partial charge in [-0.05, 0) is 24.6 Å². The number of aliphatic hydroxyl groups is 1. The number of halogens is 1. The first-order valence-corrected chi connectivity index (χ1v) is 5.78. The molecule has 0 fully saturated rings. The van der Waals surface area contributed by atoms with Crippen molar-refractivity contribution in [2.24, 2.45) is 0 Å². The fourth-order valence-corrected chi connectivity index (χ4v) is 1.66. The number of nitrogens with zero attached hydrogens (tertiary/aromatic N) is 1. The molecule has 1 aromatic heterocycles. The van der Waals surface area contributed by atoms with Gasteiger partial charge in [-0.15, -0.1) is 0 Å². The molecule has 1 heterocycles. The minimum atomic E-state index is -1.39. The van der Waals surface area contributed by atoms with Gasteiger partial charge >= 0.3 is 0 Å². The zero-order chi connectivity index (χ0) is 13.8. The number of benzene rings is 1. The van der Waals surface area contributed by atoms with Crippen LogP contribution < -0.4 is 5.32 Å². The van der Waals surface area contributed by atoms with Crippen molar-refractivity contribution in [3.8, 4) is 0 Å². The molecule has 0 saturated carbocycles. The van der Waals surface area contributed by atoms with Crippen LogP contribution in [0.4, 0.5) is 4.39 Å². The molecule has 0 bridgehead atoms. The largest absolute Gasteiger partial charge is 0.378 e. The van der Waals surface area contributed by atoms with Gasteiger partial charge in [0.15, 0.2) is 6.10 Å².